The van der Waals surface area contributed by atoms with E-state index in [-0.39, 0.29) is 12.7 Å². The highest BCUT2D eigenvalue weighted by molar-refractivity contribution is 5.31. The van der Waals surface area contributed by atoms with Gasteiger partial charge in [-0.1, -0.05) is 24.3 Å². The van der Waals surface area contributed by atoms with Gasteiger partial charge in [0.25, 0.3) is 0 Å². The number of hydrogen-bond donors (Lipinski definition) is 1. The summed E-state index contributed by atoms with van der Waals surface area (Å²) in [5.41, 5.74) is 2.76. The lowest BCUT2D eigenvalue weighted by Crippen LogP contribution is -2.37. The van der Waals surface area contributed by atoms with Gasteiger partial charge in [0.1, 0.15) is 0 Å². The predicted octanol–water partition coefficient (Wildman–Crippen LogP) is 1.76. The molecular formula is C15H21NO2. The minimum atomic E-state index is 0.182. The molecule has 1 unspecified atom stereocenters. The maximum absolute atomic E-state index is 9.38. The first kappa shape index (κ1) is 12.2. The Hall–Kier alpha value is -0.900. The molecule has 2 aliphatic rings. The molecule has 1 fully saturated rings. The van der Waals surface area contributed by atoms with E-state index in [1.54, 1.807) is 0 Å². The first-order valence-corrected chi connectivity index (χ1v) is 6.93. The summed E-state index contributed by atoms with van der Waals surface area (Å²) in [7, 11) is 0. The van der Waals surface area contributed by atoms with Crippen molar-refractivity contribution >= 4 is 0 Å². The van der Waals surface area contributed by atoms with Gasteiger partial charge in [-0.15, -0.1) is 0 Å². The quantitative estimate of drug-likeness (QED) is 0.883. The van der Waals surface area contributed by atoms with Crippen LogP contribution in [0.2, 0.25) is 0 Å². The number of rotatable bonds is 3. The molecule has 2 heterocycles. The molecule has 1 saturated heterocycles. The summed E-state index contributed by atoms with van der Waals surface area (Å²) in [4.78, 5) is 2.38. The topological polar surface area (TPSA) is 32.7 Å². The van der Waals surface area contributed by atoms with E-state index < -0.39 is 0 Å². The standard InChI is InChI=1S/C15H21NO2/c17-11-13-5-3-8-16(13)10-15-14-6-2-1-4-12(14)7-9-18-15/h1-2,4,6,13,15,17H,3,5,7-11H2/t13-,15?/m0/s1. The molecule has 3 rings (SSSR count). The van der Waals surface area contributed by atoms with E-state index >= 15 is 0 Å². The van der Waals surface area contributed by atoms with Crippen molar-refractivity contribution in [3.05, 3.63) is 35.4 Å². The highest BCUT2D eigenvalue weighted by Gasteiger charge is 2.29. The van der Waals surface area contributed by atoms with Crippen molar-refractivity contribution in [3.63, 3.8) is 0 Å². The Morgan fingerprint density at radius 3 is 3.11 bits per heavy atom. The average Bonchev–Trinajstić information content (AvgIpc) is 2.86. The van der Waals surface area contributed by atoms with Crippen LogP contribution in [-0.2, 0) is 11.2 Å². The fraction of sp³-hybridized carbons (Fsp3) is 0.600. The second-order valence-electron chi connectivity index (χ2n) is 5.28. The zero-order chi connectivity index (χ0) is 12.4. The van der Waals surface area contributed by atoms with Crippen LogP contribution in [0.1, 0.15) is 30.1 Å². The predicted molar refractivity (Wildman–Crippen MR) is 70.5 cm³/mol. The molecule has 1 aromatic rings. The molecule has 1 aromatic carbocycles. The molecule has 0 bridgehead atoms. The highest BCUT2D eigenvalue weighted by Crippen LogP contribution is 2.29. The fourth-order valence-corrected chi connectivity index (χ4v) is 3.18. The molecule has 0 saturated carbocycles. The van der Waals surface area contributed by atoms with Crippen LogP contribution in [0, 0.1) is 0 Å². The van der Waals surface area contributed by atoms with Crippen LogP contribution in [0.25, 0.3) is 0 Å². The smallest absolute Gasteiger partial charge is 0.0954 e. The molecule has 18 heavy (non-hydrogen) atoms. The van der Waals surface area contributed by atoms with Gasteiger partial charge in [0.15, 0.2) is 0 Å². The molecule has 0 spiro atoms. The normalized spacial score (nSPS) is 28.3. The first-order chi connectivity index (χ1) is 8.88. The third kappa shape index (κ3) is 2.30. The highest BCUT2D eigenvalue weighted by atomic mass is 16.5. The van der Waals surface area contributed by atoms with E-state index in [0.717, 1.165) is 32.5 Å². The van der Waals surface area contributed by atoms with Crippen molar-refractivity contribution in [1.29, 1.82) is 0 Å². The maximum Gasteiger partial charge on any atom is 0.0954 e. The van der Waals surface area contributed by atoms with Crippen LogP contribution >= 0.6 is 0 Å². The molecular weight excluding hydrogens is 226 g/mol. The zero-order valence-electron chi connectivity index (χ0n) is 10.7. The Morgan fingerprint density at radius 1 is 1.33 bits per heavy atom. The third-order valence-corrected chi connectivity index (χ3v) is 4.20. The molecule has 98 valence electrons. The van der Waals surface area contributed by atoms with Crippen LogP contribution in [0.4, 0.5) is 0 Å². The second-order valence-corrected chi connectivity index (χ2v) is 5.28. The lowest BCUT2D eigenvalue weighted by Gasteiger charge is -2.31. The SMILES string of the molecule is OC[C@@H]1CCCN1CC1OCCc2ccccc21. The van der Waals surface area contributed by atoms with Gasteiger partial charge in [-0.25, -0.2) is 0 Å². The van der Waals surface area contributed by atoms with E-state index in [1.165, 1.54) is 17.5 Å². The van der Waals surface area contributed by atoms with Gasteiger partial charge in [-0.05, 0) is 36.9 Å². The molecule has 1 N–H and O–H groups in total. The van der Waals surface area contributed by atoms with E-state index in [0.29, 0.717) is 6.04 Å². The number of benzene rings is 1. The molecule has 0 aliphatic carbocycles. The number of aliphatic hydroxyl groups is 1. The average molecular weight is 247 g/mol. The third-order valence-electron chi connectivity index (χ3n) is 4.20. The van der Waals surface area contributed by atoms with Gasteiger partial charge >= 0.3 is 0 Å². The number of nitrogens with zero attached hydrogens (tertiary/aromatic N) is 1. The van der Waals surface area contributed by atoms with E-state index in [4.69, 9.17) is 4.74 Å². The van der Waals surface area contributed by atoms with Gasteiger partial charge in [0.2, 0.25) is 0 Å². The van der Waals surface area contributed by atoms with Crippen LogP contribution in [0.5, 0.6) is 0 Å². The van der Waals surface area contributed by atoms with Gasteiger partial charge in [-0.2, -0.15) is 0 Å². The summed E-state index contributed by atoms with van der Waals surface area (Å²) in [6, 6.07) is 8.92. The monoisotopic (exact) mass is 247 g/mol. The van der Waals surface area contributed by atoms with Gasteiger partial charge in [0, 0.05) is 12.6 Å². The minimum Gasteiger partial charge on any atom is -0.395 e. The molecule has 0 radical (unpaired) electrons. The van der Waals surface area contributed by atoms with Crippen molar-refractivity contribution in [2.75, 3.05) is 26.3 Å². The molecule has 0 amide bonds. The van der Waals surface area contributed by atoms with Crippen LogP contribution in [-0.4, -0.2) is 42.4 Å². The van der Waals surface area contributed by atoms with Gasteiger partial charge in [-0.3, -0.25) is 4.90 Å². The van der Waals surface area contributed by atoms with Crippen molar-refractivity contribution in [2.24, 2.45) is 0 Å². The minimum absolute atomic E-state index is 0.182. The Balaban J connectivity index is 1.74. The Labute approximate surface area is 108 Å². The lowest BCUT2D eigenvalue weighted by atomic mass is 9.97. The summed E-state index contributed by atoms with van der Waals surface area (Å²) in [5.74, 6) is 0. The largest absolute Gasteiger partial charge is 0.395 e. The Bertz CT molecular complexity index is 407. The van der Waals surface area contributed by atoms with Crippen molar-refractivity contribution in [2.45, 2.75) is 31.4 Å². The van der Waals surface area contributed by atoms with Crippen LogP contribution < -0.4 is 0 Å². The van der Waals surface area contributed by atoms with Crippen LogP contribution in [0.3, 0.4) is 0 Å². The molecule has 3 nitrogen and oxygen atoms in total. The first-order valence-electron chi connectivity index (χ1n) is 6.93. The van der Waals surface area contributed by atoms with E-state index in [1.807, 2.05) is 0 Å². The van der Waals surface area contributed by atoms with Gasteiger partial charge < -0.3 is 9.84 Å². The summed E-state index contributed by atoms with van der Waals surface area (Å²) in [5, 5.41) is 9.38. The van der Waals surface area contributed by atoms with Crippen molar-refractivity contribution in [1.82, 2.24) is 4.90 Å². The van der Waals surface area contributed by atoms with Crippen molar-refractivity contribution < 1.29 is 9.84 Å². The molecule has 0 aromatic heterocycles. The van der Waals surface area contributed by atoms with E-state index in [2.05, 4.69) is 29.2 Å². The zero-order valence-corrected chi connectivity index (χ0v) is 10.7. The number of hydrogen-bond acceptors (Lipinski definition) is 3. The van der Waals surface area contributed by atoms with Gasteiger partial charge in [0.05, 0.1) is 19.3 Å². The number of ether oxygens (including phenoxy) is 1. The fourth-order valence-electron chi connectivity index (χ4n) is 3.18. The summed E-state index contributed by atoms with van der Waals surface area (Å²) in [6.45, 7) is 3.10. The summed E-state index contributed by atoms with van der Waals surface area (Å²) in [6.07, 6.45) is 3.52. The maximum atomic E-state index is 9.38. The second kappa shape index (κ2) is 5.39. The summed E-state index contributed by atoms with van der Waals surface area (Å²) < 4.78 is 5.94. The Morgan fingerprint density at radius 2 is 2.22 bits per heavy atom. The van der Waals surface area contributed by atoms with E-state index in [9.17, 15) is 5.11 Å². The summed E-state index contributed by atoms with van der Waals surface area (Å²) >= 11 is 0. The van der Waals surface area contributed by atoms with Crippen molar-refractivity contribution in [3.8, 4) is 0 Å². The Kier molecular flexibility index (Phi) is 3.64. The molecule has 2 atom stereocenters. The number of aliphatic hydroxyl groups excluding tert-OH is 1. The number of fused-ring (bicyclic) bond motifs is 1. The molecule has 3 heteroatoms. The van der Waals surface area contributed by atoms with Crippen LogP contribution in [0.15, 0.2) is 24.3 Å². The molecule has 2 aliphatic heterocycles. The lowest BCUT2D eigenvalue weighted by molar-refractivity contribution is 0.00801. The number of likely N-dealkylation sites (tertiary alicyclic amines) is 1.